The van der Waals surface area contributed by atoms with Crippen LogP contribution >= 0.6 is 31.9 Å². The second-order valence-corrected chi connectivity index (χ2v) is 5.51. The van der Waals surface area contributed by atoms with Crippen LogP contribution in [0.1, 0.15) is 0 Å². The molecule has 0 aromatic heterocycles. The summed E-state index contributed by atoms with van der Waals surface area (Å²) in [5.74, 6) is 0.531. The molecule has 0 N–H and O–H groups in total. The van der Waals surface area contributed by atoms with E-state index in [-0.39, 0.29) is 12.5 Å². The molecular formula is C14H15Br2NO2. The summed E-state index contributed by atoms with van der Waals surface area (Å²) >= 11 is 6.74. The average Bonchev–Trinajstić information content (AvgIpc) is 2.37. The van der Waals surface area contributed by atoms with Crippen molar-refractivity contribution in [2.24, 2.45) is 0 Å². The van der Waals surface area contributed by atoms with Gasteiger partial charge in [-0.15, -0.1) is 13.2 Å². The maximum Gasteiger partial charge on any atom is 0.261 e. The van der Waals surface area contributed by atoms with Gasteiger partial charge >= 0.3 is 0 Å². The SMILES string of the molecule is C=CCN(CC=C)C(=O)COc1ccc(Br)cc1Br. The largest absolute Gasteiger partial charge is 0.483 e. The first-order valence-corrected chi connectivity index (χ1v) is 7.24. The fourth-order valence-corrected chi connectivity index (χ4v) is 2.57. The molecule has 3 nitrogen and oxygen atoms in total. The predicted octanol–water partition coefficient (Wildman–Crippen LogP) is 3.79. The van der Waals surface area contributed by atoms with Crippen LogP contribution in [0.5, 0.6) is 5.75 Å². The van der Waals surface area contributed by atoms with Gasteiger partial charge in [-0.05, 0) is 34.1 Å². The Hall–Kier alpha value is -1.07. The Morgan fingerprint density at radius 2 is 1.89 bits per heavy atom. The number of carbonyl (C=O) groups is 1. The van der Waals surface area contributed by atoms with Crippen LogP contribution in [0.3, 0.4) is 0 Å². The zero-order chi connectivity index (χ0) is 14.3. The molecule has 102 valence electrons. The first-order valence-electron chi connectivity index (χ1n) is 5.66. The van der Waals surface area contributed by atoms with E-state index in [0.717, 1.165) is 8.95 Å². The summed E-state index contributed by atoms with van der Waals surface area (Å²) in [4.78, 5) is 13.6. The van der Waals surface area contributed by atoms with Crippen molar-refractivity contribution in [3.63, 3.8) is 0 Å². The molecule has 0 fully saturated rings. The Labute approximate surface area is 130 Å². The Kier molecular flexibility index (Phi) is 6.87. The minimum Gasteiger partial charge on any atom is -0.483 e. The van der Waals surface area contributed by atoms with Gasteiger partial charge in [0.2, 0.25) is 0 Å². The summed E-state index contributed by atoms with van der Waals surface area (Å²) < 4.78 is 7.24. The number of ether oxygens (including phenoxy) is 1. The quantitative estimate of drug-likeness (QED) is 0.665. The zero-order valence-electron chi connectivity index (χ0n) is 10.4. The molecule has 5 heteroatoms. The smallest absolute Gasteiger partial charge is 0.261 e. The maximum atomic E-state index is 12.0. The summed E-state index contributed by atoms with van der Waals surface area (Å²) in [7, 11) is 0. The van der Waals surface area contributed by atoms with E-state index in [2.05, 4.69) is 45.0 Å². The summed E-state index contributed by atoms with van der Waals surface area (Å²) in [6, 6.07) is 5.52. The van der Waals surface area contributed by atoms with E-state index in [9.17, 15) is 4.79 Å². The van der Waals surface area contributed by atoms with Crippen molar-refractivity contribution in [3.05, 3.63) is 52.5 Å². The summed E-state index contributed by atoms with van der Waals surface area (Å²) in [5.41, 5.74) is 0. The highest BCUT2D eigenvalue weighted by atomic mass is 79.9. The molecule has 0 aliphatic rings. The van der Waals surface area contributed by atoms with Gasteiger partial charge in [-0.1, -0.05) is 28.1 Å². The van der Waals surface area contributed by atoms with Crippen LogP contribution in [-0.2, 0) is 4.79 Å². The van der Waals surface area contributed by atoms with Crippen LogP contribution < -0.4 is 4.74 Å². The standard InChI is InChI=1S/C14H15Br2NO2/c1-3-7-17(8-4-2)14(18)10-19-13-6-5-11(15)9-12(13)16/h3-6,9H,1-2,7-8,10H2. The predicted molar refractivity (Wildman–Crippen MR) is 84.3 cm³/mol. The van der Waals surface area contributed by atoms with Crippen molar-refractivity contribution in [1.82, 2.24) is 4.90 Å². The number of nitrogens with zero attached hydrogens (tertiary/aromatic N) is 1. The minimum atomic E-state index is -0.102. The lowest BCUT2D eigenvalue weighted by atomic mass is 10.3. The number of rotatable bonds is 7. The van der Waals surface area contributed by atoms with E-state index in [4.69, 9.17) is 4.74 Å². The molecule has 1 aromatic carbocycles. The van der Waals surface area contributed by atoms with Gasteiger partial charge in [-0.25, -0.2) is 0 Å². The second-order valence-electron chi connectivity index (χ2n) is 3.74. The Balaban J connectivity index is 2.61. The van der Waals surface area contributed by atoms with Crippen molar-refractivity contribution in [2.75, 3.05) is 19.7 Å². The van der Waals surface area contributed by atoms with Crippen molar-refractivity contribution in [1.29, 1.82) is 0 Å². The van der Waals surface area contributed by atoms with Gasteiger partial charge in [0.25, 0.3) is 5.91 Å². The Morgan fingerprint density at radius 1 is 1.26 bits per heavy atom. The molecule has 0 radical (unpaired) electrons. The van der Waals surface area contributed by atoms with Gasteiger partial charge < -0.3 is 9.64 Å². The molecule has 0 unspecified atom stereocenters. The highest BCUT2D eigenvalue weighted by Gasteiger charge is 2.12. The molecule has 0 bridgehead atoms. The second kappa shape index (κ2) is 8.17. The number of amides is 1. The van der Waals surface area contributed by atoms with Gasteiger partial charge in [0.15, 0.2) is 6.61 Å². The van der Waals surface area contributed by atoms with Gasteiger partial charge in [-0.2, -0.15) is 0 Å². The van der Waals surface area contributed by atoms with Gasteiger partial charge in [0.1, 0.15) is 5.75 Å². The van der Waals surface area contributed by atoms with Gasteiger partial charge in [-0.3, -0.25) is 4.79 Å². The number of hydrogen-bond acceptors (Lipinski definition) is 2. The van der Waals surface area contributed by atoms with Crippen LogP contribution in [0.25, 0.3) is 0 Å². The molecule has 0 saturated carbocycles. The number of benzene rings is 1. The molecular weight excluding hydrogens is 374 g/mol. The monoisotopic (exact) mass is 387 g/mol. The average molecular weight is 389 g/mol. The topological polar surface area (TPSA) is 29.5 Å². The Bertz CT molecular complexity index is 465. The molecule has 0 saturated heterocycles. The third-order valence-electron chi connectivity index (χ3n) is 2.30. The van der Waals surface area contributed by atoms with Crippen molar-refractivity contribution >= 4 is 37.8 Å². The lowest BCUT2D eigenvalue weighted by molar-refractivity contribution is -0.132. The molecule has 0 atom stereocenters. The minimum absolute atomic E-state index is 0.0120. The summed E-state index contributed by atoms with van der Waals surface area (Å²) in [5, 5.41) is 0. The van der Waals surface area contributed by atoms with Crippen molar-refractivity contribution in [3.8, 4) is 5.75 Å². The van der Waals surface area contributed by atoms with Crippen molar-refractivity contribution in [2.45, 2.75) is 0 Å². The van der Waals surface area contributed by atoms with Crippen molar-refractivity contribution < 1.29 is 9.53 Å². The molecule has 0 aliphatic heterocycles. The van der Waals surface area contributed by atoms with Crippen LogP contribution in [0, 0.1) is 0 Å². The third-order valence-corrected chi connectivity index (χ3v) is 3.41. The molecule has 0 aliphatic carbocycles. The lowest BCUT2D eigenvalue weighted by Crippen LogP contribution is -2.35. The van der Waals surface area contributed by atoms with E-state index in [1.54, 1.807) is 23.1 Å². The summed E-state index contributed by atoms with van der Waals surface area (Å²) in [6.45, 7) is 8.20. The van der Waals surface area contributed by atoms with Gasteiger partial charge in [0, 0.05) is 17.6 Å². The summed E-state index contributed by atoms with van der Waals surface area (Å²) in [6.07, 6.45) is 3.36. The van der Waals surface area contributed by atoms with E-state index >= 15 is 0 Å². The highest BCUT2D eigenvalue weighted by molar-refractivity contribution is 9.11. The molecule has 19 heavy (non-hydrogen) atoms. The third kappa shape index (κ3) is 5.20. The molecule has 0 spiro atoms. The lowest BCUT2D eigenvalue weighted by Gasteiger charge is -2.19. The highest BCUT2D eigenvalue weighted by Crippen LogP contribution is 2.28. The molecule has 0 heterocycles. The normalized spacial score (nSPS) is 9.79. The fraction of sp³-hybridized carbons (Fsp3) is 0.214. The van der Waals surface area contributed by atoms with Gasteiger partial charge in [0.05, 0.1) is 4.47 Å². The number of hydrogen-bond donors (Lipinski definition) is 0. The molecule has 1 aromatic rings. The molecule has 1 amide bonds. The number of halogens is 2. The van der Waals surface area contributed by atoms with Crippen LogP contribution in [-0.4, -0.2) is 30.5 Å². The van der Waals surface area contributed by atoms with E-state index in [1.165, 1.54) is 0 Å². The van der Waals surface area contributed by atoms with E-state index < -0.39 is 0 Å². The van der Waals surface area contributed by atoms with E-state index in [0.29, 0.717) is 18.8 Å². The Morgan fingerprint density at radius 3 is 2.42 bits per heavy atom. The first kappa shape index (κ1) is 16.0. The fourth-order valence-electron chi connectivity index (χ4n) is 1.41. The van der Waals surface area contributed by atoms with Crippen LogP contribution in [0.4, 0.5) is 0 Å². The molecule has 1 rings (SSSR count). The first-order chi connectivity index (χ1) is 9.08. The zero-order valence-corrected chi connectivity index (χ0v) is 13.6. The van der Waals surface area contributed by atoms with Crippen LogP contribution in [0.15, 0.2) is 52.5 Å². The van der Waals surface area contributed by atoms with Crippen LogP contribution in [0.2, 0.25) is 0 Å². The number of carbonyl (C=O) groups excluding carboxylic acids is 1. The maximum absolute atomic E-state index is 12.0. The van der Waals surface area contributed by atoms with E-state index in [1.807, 2.05) is 12.1 Å².